The monoisotopic (exact) mass is 285 g/mol. The molecule has 1 fully saturated rings. The van der Waals surface area contributed by atoms with Crippen LogP contribution in [0.4, 0.5) is 14.6 Å². The van der Waals surface area contributed by atoms with Gasteiger partial charge < -0.3 is 20.7 Å². The molecule has 0 amide bonds. The summed E-state index contributed by atoms with van der Waals surface area (Å²) in [5.41, 5.74) is 5.56. The van der Waals surface area contributed by atoms with E-state index in [1.165, 1.54) is 6.33 Å². The molecule has 4 N–H and O–H groups in total. The number of hydrogen-bond donors (Lipinski definition) is 3. The van der Waals surface area contributed by atoms with Gasteiger partial charge in [-0.15, -0.1) is 0 Å². The van der Waals surface area contributed by atoms with Crippen molar-refractivity contribution in [1.29, 1.82) is 0 Å². The Bertz CT molecular complexity index is 704. The van der Waals surface area contributed by atoms with Gasteiger partial charge in [0.25, 0.3) is 0 Å². The van der Waals surface area contributed by atoms with Crippen LogP contribution in [0.15, 0.2) is 18.4 Å². The highest BCUT2D eigenvalue weighted by atomic mass is 19.1. The first-order valence-corrected chi connectivity index (χ1v) is 5.51. The molecular weight excluding hydrogens is 276 g/mol. The van der Waals surface area contributed by atoms with E-state index < -0.39 is 30.3 Å². The van der Waals surface area contributed by atoms with E-state index in [1.807, 2.05) is 0 Å². The van der Waals surface area contributed by atoms with Crippen molar-refractivity contribution in [2.45, 2.75) is 18.4 Å². The summed E-state index contributed by atoms with van der Waals surface area (Å²) in [7, 11) is 0. The Hall–Kier alpha value is -2.33. The molecule has 3 heterocycles. The predicted molar refractivity (Wildman–Crippen MR) is 61.0 cm³/mol. The molecule has 2 aromatic rings. The zero-order valence-corrected chi connectivity index (χ0v) is 9.81. The lowest BCUT2D eigenvalue weighted by Crippen LogP contribution is -2.27. The van der Waals surface area contributed by atoms with Crippen molar-refractivity contribution in [2.75, 3.05) is 5.73 Å². The molecule has 10 heteroatoms. The van der Waals surface area contributed by atoms with Crippen molar-refractivity contribution in [2.24, 2.45) is 0 Å². The maximum absolute atomic E-state index is 13.2. The lowest BCUT2D eigenvalue weighted by Gasteiger charge is -2.15. The van der Waals surface area contributed by atoms with Gasteiger partial charge in [-0.3, -0.25) is 4.57 Å². The molecule has 0 radical (unpaired) electrons. The fourth-order valence-electron chi connectivity index (χ4n) is 2.01. The first-order valence-electron chi connectivity index (χ1n) is 5.51. The zero-order valence-electron chi connectivity index (χ0n) is 9.81. The third-order valence-corrected chi connectivity index (χ3v) is 2.97. The van der Waals surface area contributed by atoms with Crippen LogP contribution in [-0.4, -0.2) is 41.9 Å². The number of anilines is 1. The molecule has 2 unspecified atom stereocenters. The minimum atomic E-state index is -1.54. The van der Waals surface area contributed by atoms with Crippen LogP contribution < -0.4 is 5.73 Å². The molecule has 3 atom stereocenters. The number of aliphatic hydroxyl groups excluding tert-OH is 2. The van der Waals surface area contributed by atoms with Crippen molar-refractivity contribution < 1.29 is 23.7 Å². The number of halogens is 2. The Kier molecular flexibility index (Phi) is 2.76. The molecule has 1 aliphatic rings. The minimum absolute atomic E-state index is 0.0358. The number of nitrogens with two attached hydrogens (primary N) is 1. The number of nitrogen functional groups attached to an aromatic ring is 1. The molecule has 20 heavy (non-hydrogen) atoms. The molecular formula is C10H9F2N5O3. The van der Waals surface area contributed by atoms with Gasteiger partial charge in [-0.1, -0.05) is 0 Å². The topological polar surface area (TPSA) is 119 Å². The summed E-state index contributed by atoms with van der Waals surface area (Å²) in [4.78, 5) is 10.7. The Morgan fingerprint density at radius 2 is 2.15 bits per heavy atom. The van der Waals surface area contributed by atoms with Crippen molar-refractivity contribution in [1.82, 2.24) is 19.5 Å². The van der Waals surface area contributed by atoms with E-state index in [4.69, 9.17) is 10.5 Å². The second-order valence-electron chi connectivity index (χ2n) is 4.16. The van der Waals surface area contributed by atoms with Crippen LogP contribution in [0.3, 0.4) is 0 Å². The predicted octanol–water partition coefficient (Wildman–Crippen LogP) is -0.391. The summed E-state index contributed by atoms with van der Waals surface area (Å²) < 4.78 is 31.9. The Labute approximate surface area is 110 Å². The molecule has 106 valence electrons. The lowest BCUT2D eigenvalue weighted by atomic mass is 10.2. The normalized spacial score (nSPS) is 28.2. The third-order valence-electron chi connectivity index (χ3n) is 2.97. The van der Waals surface area contributed by atoms with Gasteiger partial charge in [-0.25, -0.2) is 9.37 Å². The van der Waals surface area contributed by atoms with Crippen LogP contribution in [0.5, 0.6) is 0 Å². The van der Waals surface area contributed by atoms with Gasteiger partial charge >= 0.3 is 6.08 Å². The van der Waals surface area contributed by atoms with Crippen molar-refractivity contribution in [3.05, 3.63) is 24.5 Å². The average molecular weight is 285 g/mol. The number of hydrogen-bond acceptors (Lipinski definition) is 7. The number of aromatic nitrogens is 4. The fraction of sp³-hybridized carbons (Fsp3) is 0.300. The van der Waals surface area contributed by atoms with Crippen LogP contribution in [0.25, 0.3) is 11.2 Å². The molecule has 1 aliphatic heterocycles. The van der Waals surface area contributed by atoms with Crippen LogP contribution in [0.2, 0.25) is 0 Å². The van der Waals surface area contributed by atoms with Gasteiger partial charge in [0, 0.05) is 0 Å². The first-order chi connectivity index (χ1) is 9.52. The highest BCUT2D eigenvalue weighted by Crippen LogP contribution is 2.34. The lowest BCUT2D eigenvalue weighted by molar-refractivity contribution is -0.0120. The van der Waals surface area contributed by atoms with Crippen molar-refractivity contribution in [3.8, 4) is 0 Å². The first kappa shape index (κ1) is 12.7. The molecule has 3 rings (SSSR count). The smallest absolute Gasteiger partial charge is 0.312 e. The highest BCUT2D eigenvalue weighted by Gasteiger charge is 2.42. The SMILES string of the molecule is Nc1nc(F)nc2c1ncn2[C@@H]1OC(=CF)C(O)C1O. The van der Waals surface area contributed by atoms with E-state index in [0.29, 0.717) is 0 Å². The Morgan fingerprint density at radius 1 is 1.40 bits per heavy atom. The van der Waals surface area contributed by atoms with Gasteiger partial charge in [-0.2, -0.15) is 14.4 Å². The van der Waals surface area contributed by atoms with Gasteiger partial charge in [0.15, 0.2) is 22.7 Å². The maximum atomic E-state index is 13.2. The zero-order chi connectivity index (χ0) is 14.4. The Morgan fingerprint density at radius 3 is 2.80 bits per heavy atom. The number of aliphatic hydroxyl groups is 2. The molecule has 0 spiro atoms. The summed E-state index contributed by atoms with van der Waals surface area (Å²) >= 11 is 0. The Balaban J connectivity index is 2.12. The molecule has 0 aromatic carbocycles. The molecule has 0 bridgehead atoms. The second-order valence-corrected chi connectivity index (χ2v) is 4.16. The average Bonchev–Trinajstić information content (AvgIpc) is 2.93. The summed E-state index contributed by atoms with van der Waals surface area (Å²) in [6.07, 6.45) is -4.06. The number of ether oxygens (including phenoxy) is 1. The maximum Gasteiger partial charge on any atom is 0.312 e. The van der Waals surface area contributed by atoms with E-state index in [0.717, 1.165) is 4.57 Å². The van der Waals surface area contributed by atoms with Gasteiger partial charge in [0.1, 0.15) is 24.9 Å². The summed E-state index contributed by atoms with van der Waals surface area (Å²) in [5, 5.41) is 19.4. The summed E-state index contributed by atoms with van der Waals surface area (Å²) in [5.74, 6) is -0.618. The quantitative estimate of drug-likeness (QED) is 0.610. The van der Waals surface area contributed by atoms with Crippen molar-refractivity contribution >= 4 is 17.0 Å². The largest absolute Gasteiger partial charge is 0.466 e. The molecule has 1 saturated heterocycles. The minimum Gasteiger partial charge on any atom is -0.466 e. The standard InChI is InChI=1S/C10H9F2N5O3/c11-1-3-5(18)6(19)9(20-3)17-2-14-4-7(13)15-10(12)16-8(4)17/h1-2,5-6,9,18-19H,(H2,13,15,16)/t5?,6?,9-/m1/s1. The van der Waals surface area contributed by atoms with Gasteiger partial charge in [-0.05, 0) is 0 Å². The molecule has 2 aromatic heterocycles. The number of imidazole rings is 1. The van der Waals surface area contributed by atoms with Gasteiger partial charge in [0.05, 0.1) is 0 Å². The molecule has 0 saturated carbocycles. The van der Waals surface area contributed by atoms with E-state index in [2.05, 4.69) is 15.0 Å². The van der Waals surface area contributed by atoms with Crippen LogP contribution in [0, 0.1) is 6.08 Å². The van der Waals surface area contributed by atoms with E-state index in [9.17, 15) is 19.0 Å². The second kappa shape index (κ2) is 4.35. The highest BCUT2D eigenvalue weighted by molar-refractivity contribution is 5.81. The number of rotatable bonds is 1. The summed E-state index contributed by atoms with van der Waals surface area (Å²) in [6, 6.07) is 0. The molecule has 0 aliphatic carbocycles. The van der Waals surface area contributed by atoms with Crippen LogP contribution in [0.1, 0.15) is 6.23 Å². The number of nitrogens with zero attached hydrogens (tertiary/aromatic N) is 4. The fourth-order valence-corrected chi connectivity index (χ4v) is 2.01. The van der Waals surface area contributed by atoms with Crippen LogP contribution >= 0.6 is 0 Å². The number of fused-ring (bicyclic) bond motifs is 1. The third kappa shape index (κ3) is 1.69. The van der Waals surface area contributed by atoms with Crippen molar-refractivity contribution in [3.63, 3.8) is 0 Å². The van der Waals surface area contributed by atoms with E-state index in [-0.39, 0.29) is 23.3 Å². The van der Waals surface area contributed by atoms with Gasteiger partial charge in [0.2, 0.25) is 6.23 Å². The molecule has 8 nitrogen and oxygen atoms in total. The van der Waals surface area contributed by atoms with E-state index >= 15 is 0 Å². The van der Waals surface area contributed by atoms with E-state index in [1.54, 1.807) is 0 Å². The summed E-state index contributed by atoms with van der Waals surface area (Å²) in [6.45, 7) is 0. The van der Waals surface area contributed by atoms with Crippen LogP contribution in [-0.2, 0) is 4.74 Å².